The lowest BCUT2D eigenvalue weighted by Gasteiger charge is -2.27. The summed E-state index contributed by atoms with van der Waals surface area (Å²) in [5.41, 5.74) is 1.53. The Morgan fingerprint density at radius 2 is 1.88 bits per heavy atom. The quantitative estimate of drug-likeness (QED) is 0.772. The number of ketones is 1. The second kappa shape index (κ2) is 4.50. The number of hydrogen-bond acceptors (Lipinski definition) is 1. The number of hydrogen-bond donors (Lipinski definition) is 0. The molecule has 1 nitrogen and oxygen atoms in total. The fraction of sp³-hybridized carbons (Fsp3) is 0.267. The predicted octanol–water partition coefficient (Wildman–Crippen LogP) is 3.97. The molecule has 1 aliphatic rings. The van der Waals surface area contributed by atoms with Crippen LogP contribution < -0.4 is 0 Å². The molecule has 2 rings (SSSR count). The Bertz CT molecular complexity index is 496. The molecule has 0 aromatic heterocycles. The summed E-state index contributed by atoms with van der Waals surface area (Å²) in [6.07, 6.45) is 6.53. The summed E-state index contributed by atoms with van der Waals surface area (Å²) in [6, 6.07) is 7.67. The van der Waals surface area contributed by atoms with Gasteiger partial charge in [-0.1, -0.05) is 42.0 Å². The predicted molar refractivity (Wildman–Crippen MR) is 71.2 cm³/mol. The molecule has 0 amide bonds. The zero-order valence-electron chi connectivity index (χ0n) is 10.0. The van der Waals surface area contributed by atoms with E-state index in [2.05, 4.69) is 0 Å². The molecule has 88 valence electrons. The van der Waals surface area contributed by atoms with Crippen LogP contribution in [0.3, 0.4) is 0 Å². The Kier molecular flexibility index (Phi) is 3.21. The Labute approximate surface area is 107 Å². The van der Waals surface area contributed by atoms with Crippen LogP contribution in [0.25, 0.3) is 0 Å². The minimum atomic E-state index is -0.424. The van der Waals surface area contributed by atoms with Gasteiger partial charge in [0.2, 0.25) is 0 Å². The Balaban J connectivity index is 2.24. The van der Waals surface area contributed by atoms with Gasteiger partial charge in [0, 0.05) is 5.02 Å². The van der Waals surface area contributed by atoms with Gasteiger partial charge in [-0.15, -0.1) is 0 Å². The van der Waals surface area contributed by atoms with Crippen molar-refractivity contribution in [1.29, 1.82) is 0 Å². The van der Waals surface area contributed by atoms with Gasteiger partial charge in [0.15, 0.2) is 5.78 Å². The van der Waals surface area contributed by atoms with E-state index in [0.717, 1.165) is 16.2 Å². The number of rotatable bonds is 2. The van der Waals surface area contributed by atoms with Crippen LogP contribution in [-0.2, 0) is 11.2 Å². The van der Waals surface area contributed by atoms with Gasteiger partial charge in [0.25, 0.3) is 0 Å². The Morgan fingerprint density at radius 1 is 1.24 bits per heavy atom. The van der Waals surface area contributed by atoms with Gasteiger partial charge >= 0.3 is 0 Å². The molecule has 1 aromatic carbocycles. The van der Waals surface area contributed by atoms with E-state index in [1.165, 1.54) is 0 Å². The van der Waals surface area contributed by atoms with E-state index in [0.29, 0.717) is 6.42 Å². The zero-order valence-corrected chi connectivity index (χ0v) is 10.8. The highest BCUT2D eigenvalue weighted by Crippen LogP contribution is 2.31. The lowest BCUT2D eigenvalue weighted by atomic mass is 9.75. The van der Waals surface area contributed by atoms with Crippen molar-refractivity contribution in [1.82, 2.24) is 0 Å². The molecule has 1 aromatic rings. The van der Waals surface area contributed by atoms with E-state index in [9.17, 15) is 4.79 Å². The largest absolute Gasteiger partial charge is 0.294 e. The van der Waals surface area contributed by atoms with Crippen molar-refractivity contribution in [2.24, 2.45) is 5.41 Å². The first-order valence-electron chi connectivity index (χ1n) is 5.67. The van der Waals surface area contributed by atoms with Gasteiger partial charge in [-0.3, -0.25) is 4.79 Å². The number of halogens is 1. The lowest BCUT2D eigenvalue weighted by molar-refractivity contribution is -0.121. The number of Topliss-reactive ketones (excluding diaryl/α,β-unsaturated/α-hetero) is 1. The van der Waals surface area contributed by atoms with Gasteiger partial charge in [0.05, 0.1) is 5.41 Å². The molecular weight excluding hydrogens is 232 g/mol. The molecule has 0 saturated carbocycles. The summed E-state index contributed by atoms with van der Waals surface area (Å²) in [4.78, 5) is 12.2. The van der Waals surface area contributed by atoms with Crippen LogP contribution in [-0.4, -0.2) is 5.78 Å². The van der Waals surface area contributed by atoms with Gasteiger partial charge in [-0.05, 0) is 43.5 Å². The van der Waals surface area contributed by atoms with E-state index >= 15 is 0 Å². The third kappa shape index (κ3) is 2.50. The van der Waals surface area contributed by atoms with E-state index in [1.807, 2.05) is 56.3 Å². The van der Waals surface area contributed by atoms with Gasteiger partial charge < -0.3 is 0 Å². The maximum absolute atomic E-state index is 12.2. The number of carbonyl (C=O) groups is 1. The third-order valence-electron chi connectivity index (χ3n) is 3.17. The monoisotopic (exact) mass is 246 g/mol. The molecular formula is C15H15ClO. The fourth-order valence-electron chi connectivity index (χ4n) is 2.17. The average molecular weight is 247 g/mol. The maximum atomic E-state index is 12.2. The lowest BCUT2D eigenvalue weighted by Crippen LogP contribution is -2.30. The van der Waals surface area contributed by atoms with Crippen LogP contribution in [0.5, 0.6) is 0 Å². The maximum Gasteiger partial charge on any atom is 0.168 e. The van der Waals surface area contributed by atoms with Crippen LogP contribution in [0, 0.1) is 5.41 Å². The smallest absolute Gasteiger partial charge is 0.168 e. The van der Waals surface area contributed by atoms with Crippen molar-refractivity contribution in [2.45, 2.75) is 20.3 Å². The fourth-order valence-corrected chi connectivity index (χ4v) is 2.30. The standard InChI is InChI=1S/C15H15ClO/c1-11-4-3-9-15(2,14(11)17)10-12-5-7-13(16)8-6-12/h3-9H,10H2,1-2H3. The van der Waals surface area contributed by atoms with Crippen molar-refractivity contribution in [3.8, 4) is 0 Å². The third-order valence-corrected chi connectivity index (χ3v) is 3.42. The van der Waals surface area contributed by atoms with Gasteiger partial charge in [-0.2, -0.15) is 0 Å². The highest BCUT2D eigenvalue weighted by molar-refractivity contribution is 6.30. The summed E-state index contributed by atoms with van der Waals surface area (Å²) in [5, 5.41) is 0.723. The molecule has 2 heteroatoms. The SMILES string of the molecule is CC1=CC=CC(C)(Cc2ccc(Cl)cc2)C1=O. The summed E-state index contributed by atoms with van der Waals surface area (Å²) in [5.74, 6) is 0.204. The van der Waals surface area contributed by atoms with Crippen LogP contribution >= 0.6 is 11.6 Å². The first-order chi connectivity index (χ1) is 8.01. The van der Waals surface area contributed by atoms with Gasteiger partial charge in [0.1, 0.15) is 0 Å². The Morgan fingerprint density at radius 3 is 2.53 bits per heavy atom. The average Bonchev–Trinajstić information content (AvgIpc) is 2.29. The van der Waals surface area contributed by atoms with Crippen molar-refractivity contribution >= 4 is 17.4 Å². The highest BCUT2D eigenvalue weighted by atomic mass is 35.5. The first-order valence-corrected chi connectivity index (χ1v) is 6.04. The molecule has 0 bridgehead atoms. The van der Waals surface area contributed by atoms with Crippen LogP contribution in [0.4, 0.5) is 0 Å². The van der Waals surface area contributed by atoms with E-state index in [-0.39, 0.29) is 5.78 Å². The highest BCUT2D eigenvalue weighted by Gasteiger charge is 2.32. The molecule has 0 fully saturated rings. The first kappa shape index (κ1) is 12.1. The minimum Gasteiger partial charge on any atom is -0.294 e. The van der Waals surface area contributed by atoms with Crippen molar-refractivity contribution in [2.75, 3.05) is 0 Å². The van der Waals surface area contributed by atoms with E-state index in [1.54, 1.807) is 0 Å². The molecule has 0 spiro atoms. The summed E-state index contributed by atoms with van der Waals surface area (Å²) in [7, 11) is 0. The number of carbonyl (C=O) groups excluding carboxylic acids is 1. The number of allylic oxidation sites excluding steroid dienone is 4. The Hall–Kier alpha value is -1.34. The minimum absolute atomic E-state index is 0.204. The second-order valence-corrected chi connectivity index (χ2v) is 5.20. The molecule has 0 heterocycles. The molecule has 17 heavy (non-hydrogen) atoms. The molecule has 0 N–H and O–H groups in total. The molecule has 0 radical (unpaired) electrons. The van der Waals surface area contributed by atoms with Crippen molar-refractivity contribution in [3.05, 3.63) is 58.7 Å². The van der Waals surface area contributed by atoms with Crippen LogP contribution in [0.1, 0.15) is 19.4 Å². The normalized spacial score (nSPS) is 23.7. The molecule has 0 aliphatic heterocycles. The van der Waals surface area contributed by atoms with Gasteiger partial charge in [-0.25, -0.2) is 0 Å². The number of benzene rings is 1. The molecule has 1 aliphatic carbocycles. The summed E-state index contributed by atoms with van der Waals surface area (Å²) >= 11 is 5.85. The summed E-state index contributed by atoms with van der Waals surface area (Å²) < 4.78 is 0. The van der Waals surface area contributed by atoms with E-state index in [4.69, 9.17) is 11.6 Å². The topological polar surface area (TPSA) is 17.1 Å². The summed E-state index contributed by atoms with van der Waals surface area (Å²) in [6.45, 7) is 3.85. The second-order valence-electron chi connectivity index (χ2n) is 4.76. The zero-order chi connectivity index (χ0) is 12.5. The van der Waals surface area contributed by atoms with Crippen molar-refractivity contribution < 1.29 is 4.79 Å². The molecule has 0 saturated heterocycles. The molecule has 1 atom stereocenters. The molecule has 1 unspecified atom stereocenters. The van der Waals surface area contributed by atoms with Crippen LogP contribution in [0.2, 0.25) is 5.02 Å². The van der Waals surface area contributed by atoms with Crippen molar-refractivity contribution in [3.63, 3.8) is 0 Å². The van der Waals surface area contributed by atoms with E-state index < -0.39 is 5.41 Å². The van der Waals surface area contributed by atoms with Crippen LogP contribution in [0.15, 0.2) is 48.1 Å².